The number of pyridine rings is 1. The number of halogens is 3. The molecule has 1 aromatic carbocycles. The first kappa shape index (κ1) is 32.5. The van der Waals surface area contributed by atoms with Gasteiger partial charge < -0.3 is 10.2 Å². The van der Waals surface area contributed by atoms with Crippen molar-refractivity contribution in [3.63, 3.8) is 0 Å². The monoisotopic (exact) mass is 650 g/mol. The third-order valence-corrected chi connectivity index (χ3v) is 9.14. The van der Waals surface area contributed by atoms with E-state index in [0.29, 0.717) is 29.1 Å². The van der Waals surface area contributed by atoms with Crippen molar-refractivity contribution in [1.82, 2.24) is 29.4 Å². The minimum absolute atomic E-state index is 0. The number of nitrogens with zero attached hydrogens (tertiary/aromatic N) is 6. The molecule has 0 amide bonds. The number of rotatable bonds is 8. The lowest BCUT2D eigenvalue weighted by molar-refractivity contribution is 0.109. The molecule has 4 aromatic rings. The zero-order valence-electron chi connectivity index (χ0n) is 24.0. The molecule has 230 valence electrons. The molecule has 2 N–H and O–H groups in total. The van der Waals surface area contributed by atoms with Gasteiger partial charge in [-0.3, -0.25) is 14.1 Å². The lowest BCUT2D eigenvalue weighted by atomic mass is 9.89. The van der Waals surface area contributed by atoms with Gasteiger partial charge in [-0.05, 0) is 65.0 Å². The highest BCUT2D eigenvalue weighted by Crippen LogP contribution is 2.28. The van der Waals surface area contributed by atoms with Crippen molar-refractivity contribution in [1.29, 1.82) is 0 Å². The Morgan fingerprint density at radius 1 is 1.07 bits per heavy atom. The van der Waals surface area contributed by atoms with Crippen molar-refractivity contribution in [3.8, 4) is 11.3 Å². The number of benzene rings is 1. The number of hydrogen-bond donors (Lipinski definition) is 2. The molecule has 15 heteroatoms. The first-order valence-electron chi connectivity index (χ1n) is 13.5. The smallest absolute Gasteiger partial charge is 0.279 e. The predicted molar refractivity (Wildman–Crippen MR) is 168 cm³/mol. The van der Waals surface area contributed by atoms with Gasteiger partial charge in [-0.25, -0.2) is 27.8 Å². The predicted octanol–water partition coefficient (Wildman–Crippen LogP) is 4.94. The summed E-state index contributed by atoms with van der Waals surface area (Å²) < 4.78 is 44.2. The van der Waals surface area contributed by atoms with Gasteiger partial charge in [-0.1, -0.05) is 23.7 Å². The fourth-order valence-electron chi connectivity index (χ4n) is 5.18. The Balaban J connectivity index is 0.00000423. The molecule has 3 unspecified atom stereocenters. The van der Waals surface area contributed by atoms with Crippen LogP contribution in [0.1, 0.15) is 39.2 Å². The normalized spacial score (nSPS) is 18.9. The number of sulfonamides is 1. The molecule has 0 aliphatic heterocycles. The van der Waals surface area contributed by atoms with E-state index >= 15 is 0 Å². The summed E-state index contributed by atoms with van der Waals surface area (Å²) in [4.78, 5) is 33.2. The third kappa shape index (κ3) is 6.90. The minimum atomic E-state index is -3.97. The Labute approximate surface area is 260 Å². The number of alkyl halides is 1. The average Bonchev–Trinajstić information content (AvgIpc) is 2.93. The highest BCUT2D eigenvalue weighted by atomic mass is 35.5. The fraction of sp³-hybridized carbons (Fsp3) is 0.393. The van der Waals surface area contributed by atoms with Gasteiger partial charge in [0.15, 0.2) is 5.65 Å². The molecule has 1 aliphatic carbocycles. The van der Waals surface area contributed by atoms with Crippen LogP contribution in [0.5, 0.6) is 0 Å². The SMILES string of the molecule is CC(C)n1c(=O)c(-c2ccc(NS(=O)(=O)c3ccccc3Cl)nc2)nc2cnc(NC3CCC(N(C)C)C(F)C3)nc21.Cl. The van der Waals surface area contributed by atoms with Crippen molar-refractivity contribution < 1.29 is 12.8 Å². The first-order chi connectivity index (χ1) is 19.9. The van der Waals surface area contributed by atoms with Gasteiger partial charge in [-0.15, -0.1) is 12.4 Å². The average molecular weight is 652 g/mol. The number of anilines is 2. The van der Waals surface area contributed by atoms with E-state index in [1.54, 1.807) is 18.2 Å². The highest BCUT2D eigenvalue weighted by Gasteiger charge is 2.32. The number of aromatic nitrogens is 5. The standard InChI is InChI=1S/C28H32ClFN8O3S.ClH/c1-16(2)38-26-21(15-32-28(35-26)33-18-10-11-22(37(3)4)20(30)13-18)34-25(27(38)39)17-9-12-24(31-14-17)36-42(40,41)23-8-6-5-7-19(23)29;/h5-9,12,14-16,18,20,22H,10-11,13H2,1-4H3,(H,31,36)(H,32,33,35);1H. The van der Waals surface area contributed by atoms with E-state index in [9.17, 15) is 17.6 Å². The van der Waals surface area contributed by atoms with Crippen LogP contribution in [0.4, 0.5) is 16.2 Å². The molecular formula is C28H33Cl2FN8O3S. The van der Waals surface area contributed by atoms with Crippen LogP contribution in [0.3, 0.4) is 0 Å². The van der Waals surface area contributed by atoms with Crippen LogP contribution in [0.15, 0.2) is 58.5 Å². The van der Waals surface area contributed by atoms with Gasteiger partial charge in [0.05, 0.1) is 11.2 Å². The summed E-state index contributed by atoms with van der Waals surface area (Å²) >= 11 is 6.05. The van der Waals surface area contributed by atoms with Gasteiger partial charge in [0, 0.05) is 36.3 Å². The molecule has 3 aromatic heterocycles. The van der Waals surface area contributed by atoms with Gasteiger partial charge in [0.1, 0.15) is 28.1 Å². The molecule has 0 saturated heterocycles. The van der Waals surface area contributed by atoms with E-state index in [2.05, 4.69) is 30.0 Å². The van der Waals surface area contributed by atoms with Crippen LogP contribution in [0.25, 0.3) is 22.4 Å². The molecule has 1 saturated carbocycles. The van der Waals surface area contributed by atoms with E-state index in [1.807, 2.05) is 32.8 Å². The summed E-state index contributed by atoms with van der Waals surface area (Å²) in [5.41, 5.74) is 0.879. The lowest BCUT2D eigenvalue weighted by Gasteiger charge is -2.35. The zero-order chi connectivity index (χ0) is 30.2. The summed E-state index contributed by atoms with van der Waals surface area (Å²) in [6.45, 7) is 3.72. The second kappa shape index (κ2) is 13.1. The van der Waals surface area contributed by atoms with E-state index in [-0.39, 0.29) is 57.5 Å². The third-order valence-electron chi connectivity index (χ3n) is 7.28. The molecule has 1 fully saturated rings. The number of nitrogens with one attached hydrogen (secondary N) is 2. The summed E-state index contributed by atoms with van der Waals surface area (Å²) in [6.07, 6.45) is 3.78. The maximum atomic E-state index is 14.7. The van der Waals surface area contributed by atoms with Crippen molar-refractivity contribution in [2.45, 2.75) is 62.3 Å². The van der Waals surface area contributed by atoms with E-state index < -0.39 is 16.2 Å². The summed E-state index contributed by atoms with van der Waals surface area (Å²) in [5, 5.41) is 3.32. The number of hydrogen-bond acceptors (Lipinski definition) is 9. The van der Waals surface area contributed by atoms with Crippen LogP contribution in [0.2, 0.25) is 5.02 Å². The summed E-state index contributed by atoms with van der Waals surface area (Å²) in [7, 11) is -0.199. The fourth-order valence-corrected chi connectivity index (χ4v) is 6.71. The maximum Gasteiger partial charge on any atom is 0.279 e. The van der Waals surface area contributed by atoms with Crippen molar-refractivity contribution in [2.75, 3.05) is 24.1 Å². The summed E-state index contributed by atoms with van der Waals surface area (Å²) in [6, 6.07) is 8.59. The molecule has 0 bridgehead atoms. The zero-order valence-corrected chi connectivity index (χ0v) is 26.4. The van der Waals surface area contributed by atoms with Crippen LogP contribution in [-0.4, -0.2) is 70.2 Å². The molecule has 3 atom stereocenters. The lowest BCUT2D eigenvalue weighted by Crippen LogP contribution is -2.44. The van der Waals surface area contributed by atoms with E-state index in [4.69, 9.17) is 11.6 Å². The van der Waals surface area contributed by atoms with Crippen LogP contribution in [0, 0.1) is 0 Å². The molecule has 0 radical (unpaired) electrons. The Morgan fingerprint density at radius 3 is 2.44 bits per heavy atom. The Bertz CT molecular complexity index is 1770. The van der Waals surface area contributed by atoms with Gasteiger partial charge >= 0.3 is 0 Å². The van der Waals surface area contributed by atoms with E-state index in [1.165, 1.54) is 35.2 Å². The number of fused-ring (bicyclic) bond motifs is 1. The van der Waals surface area contributed by atoms with E-state index in [0.717, 1.165) is 12.8 Å². The molecular weight excluding hydrogens is 618 g/mol. The van der Waals surface area contributed by atoms with Crippen LogP contribution in [-0.2, 0) is 10.0 Å². The van der Waals surface area contributed by atoms with Crippen LogP contribution >= 0.6 is 24.0 Å². The van der Waals surface area contributed by atoms with Gasteiger partial charge in [0.25, 0.3) is 15.6 Å². The second-order valence-corrected chi connectivity index (χ2v) is 12.9. The largest absolute Gasteiger partial charge is 0.351 e. The molecule has 1 aliphatic rings. The molecule has 3 heterocycles. The van der Waals surface area contributed by atoms with Gasteiger partial charge in [0.2, 0.25) is 5.95 Å². The van der Waals surface area contributed by atoms with Crippen LogP contribution < -0.4 is 15.6 Å². The topological polar surface area (TPSA) is 135 Å². The second-order valence-electron chi connectivity index (χ2n) is 10.8. The minimum Gasteiger partial charge on any atom is -0.351 e. The quantitative estimate of drug-likeness (QED) is 0.272. The summed E-state index contributed by atoms with van der Waals surface area (Å²) in [5.74, 6) is 0.362. The Morgan fingerprint density at radius 2 is 1.81 bits per heavy atom. The Hall–Kier alpha value is -3.39. The van der Waals surface area contributed by atoms with Crippen molar-refractivity contribution in [2.24, 2.45) is 0 Å². The highest BCUT2D eigenvalue weighted by molar-refractivity contribution is 7.92. The molecule has 43 heavy (non-hydrogen) atoms. The maximum absolute atomic E-state index is 14.7. The first-order valence-corrected chi connectivity index (χ1v) is 15.4. The molecule has 11 nitrogen and oxygen atoms in total. The molecule has 0 spiro atoms. The Kier molecular flexibility index (Phi) is 9.90. The molecule has 5 rings (SSSR count). The van der Waals surface area contributed by atoms with Gasteiger partial charge in [-0.2, -0.15) is 4.98 Å². The van der Waals surface area contributed by atoms with Crippen molar-refractivity contribution in [3.05, 3.63) is 64.2 Å². The van der Waals surface area contributed by atoms with Crippen molar-refractivity contribution >= 4 is 57.0 Å².